The summed E-state index contributed by atoms with van der Waals surface area (Å²) < 4.78 is 0. The second-order valence-corrected chi connectivity index (χ2v) is 9.22. The monoisotopic (exact) mass is 480 g/mol. The van der Waals surface area contributed by atoms with Crippen molar-refractivity contribution in [1.82, 2.24) is 10.2 Å². The van der Waals surface area contributed by atoms with Crippen molar-refractivity contribution in [2.24, 2.45) is 5.73 Å². The molecule has 0 bridgehead atoms. The zero-order chi connectivity index (χ0) is 23.5. The van der Waals surface area contributed by atoms with E-state index in [4.69, 9.17) is 28.9 Å². The first-order valence-electron chi connectivity index (χ1n) is 10.9. The molecule has 170 valence electrons. The van der Waals surface area contributed by atoms with Crippen molar-refractivity contribution in [2.75, 3.05) is 11.9 Å². The maximum atomic E-state index is 13.2. The Bertz CT molecular complexity index is 1300. The van der Waals surface area contributed by atoms with Crippen molar-refractivity contribution in [1.29, 1.82) is 0 Å². The molecule has 0 fully saturated rings. The van der Waals surface area contributed by atoms with E-state index >= 15 is 0 Å². The van der Waals surface area contributed by atoms with Gasteiger partial charge in [-0.2, -0.15) is 5.10 Å². The van der Waals surface area contributed by atoms with Gasteiger partial charge in [-0.15, -0.1) is 0 Å². The fourth-order valence-corrected chi connectivity index (χ4v) is 4.24. The molecule has 0 saturated heterocycles. The minimum absolute atomic E-state index is 0.148. The largest absolute Gasteiger partial charge is 0.330 e. The lowest BCUT2D eigenvalue weighted by molar-refractivity contribution is -0.117. The van der Waals surface area contributed by atoms with E-state index < -0.39 is 5.92 Å². The second-order valence-electron chi connectivity index (χ2n) is 8.41. The number of rotatable bonds is 7. The van der Waals surface area contributed by atoms with Gasteiger partial charge in [-0.3, -0.25) is 9.89 Å². The van der Waals surface area contributed by atoms with Gasteiger partial charge in [0.25, 0.3) is 0 Å². The summed E-state index contributed by atoms with van der Waals surface area (Å²) in [4.78, 5) is 13.2. The van der Waals surface area contributed by atoms with Crippen LogP contribution in [-0.2, 0) is 4.79 Å². The average molecular weight is 481 g/mol. The highest BCUT2D eigenvalue weighted by atomic mass is 35.5. The third-order valence-corrected chi connectivity index (χ3v) is 6.51. The molecule has 0 saturated carbocycles. The molecule has 0 aliphatic heterocycles. The van der Waals surface area contributed by atoms with Crippen LogP contribution in [0.15, 0.2) is 60.7 Å². The van der Waals surface area contributed by atoms with Crippen LogP contribution in [0.1, 0.15) is 43.2 Å². The summed E-state index contributed by atoms with van der Waals surface area (Å²) in [5.74, 6) is -0.164. The molecule has 4 aromatic rings. The molecule has 4 rings (SSSR count). The Balaban J connectivity index is 1.64. The molecular weight excluding hydrogens is 455 g/mol. The smallest absolute Gasteiger partial charge is 0.231 e. The molecule has 7 heteroatoms. The zero-order valence-corrected chi connectivity index (χ0v) is 20.0. The van der Waals surface area contributed by atoms with Crippen molar-refractivity contribution < 1.29 is 4.79 Å². The summed E-state index contributed by atoms with van der Waals surface area (Å²) in [7, 11) is 0. The van der Waals surface area contributed by atoms with Gasteiger partial charge in [0.1, 0.15) is 0 Å². The molecule has 0 aliphatic rings. The van der Waals surface area contributed by atoms with Crippen LogP contribution in [0, 0.1) is 0 Å². The molecule has 5 nitrogen and oxygen atoms in total. The number of hydrogen-bond acceptors (Lipinski definition) is 3. The first-order chi connectivity index (χ1) is 15.9. The van der Waals surface area contributed by atoms with E-state index in [0.717, 1.165) is 27.7 Å². The van der Waals surface area contributed by atoms with Crippen molar-refractivity contribution in [2.45, 2.75) is 32.1 Å². The number of benzene rings is 3. The summed E-state index contributed by atoms with van der Waals surface area (Å²) in [6.07, 6.45) is 0.491. The molecule has 0 aliphatic carbocycles. The van der Waals surface area contributed by atoms with E-state index in [2.05, 4.69) is 41.5 Å². The van der Waals surface area contributed by atoms with E-state index in [1.165, 1.54) is 5.56 Å². The first-order valence-corrected chi connectivity index (χ1v) is 11.7. The van der Waals surface area contributed by atoms with Crippen LogP contribution in [0.5, 0.6) is 0 Å². The van der Waals surface area contributed by atoms with Crippen molar-refractivity contribution in [3.05, 3.63) is 81.8 Å². The summed E-state index contributed by atoms with van der Waals surface area (Å²) in [5.41, 5.74) is 11.3. The Morgan fingerprint density at radius 2 is 1.85 bits per heavy atom. The van der Waals surface area contributed by atoms with Gasteiger partial charge in [0.2, 0.25) is 5.91 Å². The van der Waals surface area contributed by atoms with E-state index in [9.17, 15) is 4.79 Å². The lowest BCUT2D eigenvalue weighted by Crippen LogP contribution is -2.23. The van der Waals surface area contributed by atoms with Gasteiger partial charge in [0.15, 0.2) is 0 Å². The highest BCUT2D eigenvalue weighted by Crippen LogP contribution is 2.32. The van der Waals surface area contributed by atoms with Crippen LogP contribution < -0.4 is 11.1 Å². The van der Waals surface area contributed by atoms with Crippen molar-refractivity contribution in [3.63, 3.8) is 0 Å². The van der Waals surface area contributed by atoms with Crippen molar-refractivity contribution >= 4 is 45.7 Å². The molecule has 33 heavy (non-hydrogen) atoms. The number of hydrogen-bond donors (Lipinski definition) is 3. The van der Waals surface area contributed by atoms with E-state index in [0.29, 0.717) is 34.6 Å². The van der Waals surface area contributed by atoms with Gasteiger partial charge in [-0.25, -0.2) is 0 Å². The Kier molecular flexibility index (Phi) is 7.03. The molecule has 0 spiro atoms. The third-order valence-electron chi connectivity index (χ3n) is 5.77. The normalized spacial score (nSPS) is 12.3. The number of carbonyl (C=O) groups excluding carboxylic acids is 1. The summed E-state index contributed by atoms with van der Waals surface area (Å²) >= 11 is 12.2. The number of aromatic amines is 1. The number of nitrogens with zero attached hydrogens (tertiary/aromatic N) is 1. The van der Waals surface area contributed by atoms with Crippen LogP contribution in [-0.4, -0.2) is 22.6 Å². The number of nitrogens with one attached hydrogen (secondary N) is 2. The lowest BCUT2D eigenvalue weighted by Gasteiger charge is -2.17. The van der Waals surface area contributed by atoms with Gasteiger partial charge >= 0.3 is 0 Å². The quantitative estimate of drug-likeness (QED) is 0.274. The Labute approximate surface area is 203 Å². The van der Waals surface area contributed by atoms with Gasteiger partial charge < -0.3 is 11.1 Å². The number of aromatic nitrogens is 2. The number of H-pyrrole nitrogens is 1. The van der Waals surface area contributed by atoms with E-state index in [1.807, 2.05) is 36.4 Å². The third kappa shape index (κ3) is 5.06. The molecule has 1 amide bonds. The van der Waals surface area contributed by atoms with Gasteiger partial charge in [0.05, 0.1) is 27.2 Å². The van der Waals surface area contributed by atoms with Crippen molar-refractivity contribution in [3.8, 4) is 11.3 Å². The van der Waals surface area contributed by atoms with Crippen LogP contribution in [0.2, 0.25) is 10.0 Å². The topological polar surface area (TPSA) is 83.8 Å². The van der Waals surface area contributed by atoms with E-state index in [1.54, 1.807) is 12.1 Å². The maximum absolute atomic E-state index is 13.2. The Morgan fingerprint density at radius 1 is 1.03 bits per heavy atom. The molecule has 1 atom stereocenters. The standard InChI is InChI=1S/C26H26Cl2N4O/c1-15(2)16-4-3-5-18(12-16)25-21-14-19(7-9-24(21)31-32-25)30-26(33)20(10-11-29)17-6-8-22(27)23(28)13-17/h3-9,12-15,20H,10-11,29H2,1-2H3,(H,30,33)(H,31,32). The average Bonchev–Trinajstić information content (AvgIpc) is 3.22. The summed E-state index contributed by atoms with van der Waals surface area (Å²) in [6.45, 7) is 4.71. The Hall–Kier alpha value is -2.86. The predicted octanol–water partition coefficient (Wildman–Crippen LogP) is 6.73. The number of carbonyl (C=O) groups is 1. The van der Waals surface area contributed by atoms with Crippen LogP contribution in [0.25, 0.3) is 22.2 Å². The summed E-state index contributed by atoms with van der Waals surface area (Å²) in [5, 5.41) is 12.5. The number of halogens is 2. The molecule has 1 unspecified atom stereocenters. The minimum atomic E-state index is -0.438. The number of anilines is 1. The van der Waals surface area contributed by atoms with Crippen LogP contribution >= 0.6 is 23.2 Å². The van der Waals surface area contributed by atoms with Crippen LogP contribution in [0.3, 0.4) is 0 Å². The number of nitrogens with two attached hydrogens (primary N) is 1. The fourth-order valence-electron chi connectivity index (χ4n) is 3.93. The maximum Gasteiger partial charge on any atom is 0.231 e. The zero-order valence-electron chi connectivity index (χ0n) is 18.5. The highest BCUT2D eigenvalue weighted by Gasteiger charge is 2.21. The molecular formula is C26H26Cl2N4O. The van der Waals surface area contributed by atoms with E-state index in [-0.39, 0.29) is 5.91 Å². The molecule has 1 aromatic heterocycles. The predicted molar refractivity (Wildman–Crippen MR) is 137 cm³/mol. The van der Waals surface area contributed by atoms with Gasteiger partial charge in [-0.05, 0) is 66.4 Å². The lowest BCUT2D eigenvalue weighted by atomic mass is 9.94. The molecule has 0 radical (unpaired) electrons. The molecule has 3 aromatic carbocycles. The number of amides is 1. The van der Waals surface area contributed by atoms with Gasteiger partial charge in [-0.1, -0.05) is 61.3 Å². The summed E-state index contributed by atoms with van der Waals surface area (Å²) in [6, 6.07) is 19.3. The molecule has 1 heterocycles. The fraction of sp³-hybridized carbons (Fsp3) is 0.231. The number of fused-ring (bicyclic) bond motifs is 1. The van der Waals surface area contributed by atoms with Crippen LogP contribution in [0.4, 0.5) is 5.69 Å². The highest BCUT2D eigenvalue weighted by molar-refractivity contribution is 6.42. The molecule has 4 N–H and O–H groups in total. The second kappa shape index (κ2) is 9.96. The Morgan fingerprint density at radius 3 is 2.58 bits per heavy atom. The van der Waals surface area contributed by atoms with Gasteiger partial charge in [0, 0.05) is 16.6 Å². The first kappa shape index (κ1) is 23.3. The minimum Gasteiger partial charge on any atom is -0.330 e. The SMILES string of the molecule is CC(C)c1cccc(-c2n[nH]c3ccc(NC(=O)C(CCN)c4ccc(Cl)c(Cl)c4)cc23)c1.